The van der Waals surface area contributed by atoms with Crippen molar-refractivity contribution in [2.75, 3.05) is 7.11 Å². The number of methoxy groups -OCH3 is 1. The van der Waals surface area contributed by atoms with E-state index in [2.05, 4.69) is 31.2 Å². The molecular formula is C16H19NO. The Morgan fingerprint density at radius 1 is 0.889 bits per heavy atom. The monoisotopic (exact) mass is 241 g/mol. The van der Waals surface area contributed by atoms with Gasteiger partial charge in [-0.25, -0.2) is 0 Å². The Bertz CT molecular complexity index is 478. The number of benzene rings is 2. The van der Waals surface area contributed by atoms with Gasteiger partial charge in [-0.1, -0.05) is 49.4 Å². The summed E-state index contributed by atoms with van der Waals surface area (Å²) in [5.41, 5.74) is 8.71. The summed E-state index contributed by atoms with van der Waals surface area (Å²) < 4.78 is 5.16. The van der Waals surface area contributed by atoms with E-state index in [4.69, 9.17) is 10.5 Å². The second-order valence-electron chi connectivity index (χ2n) is 4.50. The summed E-state index contributed by atoms with van der Waals surface area (Å²) in [7, 11) is 1.67. The molecule has 0 bridgehead atoms. The Labute approximate surface area is 108 Å². The largest absolute Gasteiger partial charge is 0.497 e. The Morgan fingerprint density at radius 3 is 2.06 bits per heavy atom. The molecule has 2 aromatic carbocycles. The Balaban J connectivity index is 2.17. The van der Waals surface area contributed by atoms with Crippen LogP contribution in [0.1, 0.15) is 30.0 Å². The van der Waals surface area contributed by atoms with Crippen molar-refractivity contribution in [3.63, 3.8) is 0 Å². The third-order valence-corrected chi connectivity index (χ3v) is 3.36. The molecule has 0 radical (unpaired) electrons. The molecule has 2 nitrogen and oxygen atoms in total. The molecule has 94 valence electrons. The zero-order valence-electron chi connectivity index (χ0n) is 10.8. The number of ether oxygens (including phenoxy) is 1. The van der Waals surface area contributed by atoms with Gasteiger partial charge in [-0.05, 0) is 23.3 Å². The summed E-state index contributed by atoms with van der Waals surface area (Å²) in [6.45, 7) is 2.15. The zero-order valence-corrected chi connectivity index (χ0v) is 10.8. The molecule has 2 atom stereocenters. The van der Waals surface area contributed by atoms with E-state index in [9.17, 15) is 0 Å². The van der Waals surface area contributed by atoms with Gasteiger partial charge in [0.05, 0.1) is 7.11 Å². The van der Waals surface area contributed by atoms with Crippen LogP contribution >= 0.6 is 0 Å². The third-order valence-electron chi connectivity index (χ3n) is 3.36. The summed E-state index contributed by atoms with van der Waals surface area (Å²) in [4.78, 5) is 0. The molecule has 0 aliphatic heterocycles. The lowest BCUT2D eigenvalue weighted by Gasteiger charge is -2.21. The lowest BCUT2D eigenvalue weighted by atomic mass is 9.89. The van der Waals surface area contributed by atoms with Crippen molar-refractivity contribution in [2.45, 2.75) is 18.9 Å². The van der Waals surface area contributed by atoms with E-state index in [1.54, 1.807) is 7.11 Å². The number of hydrogen-bond acceptors (Lipinski definition) is 2. The molecular weight excluding hydrogens is 222 g/mol. The number of nitrogens with two attached hydrogens (primary N) is 1. The average molecular weight is 241 g/mol. The fourth-order valence-electron chi connectivity index (χ4n) is 2.08. The highest BCUT2D eigenvalue weighted by Gasteiger charge is 2.16. The molecule has 0 spiro atoms. The normalized spacial score (nSPS) is 13.9. The van der Waals surface area contributed by atoms with Crippen LogP contribution in [0.3, 0.4) is 0 Å². The zero-order chi connectivity index (χ0) is 13.0. The van der Waals surface area contributed by atoms with Gasteiger partial charge in [0.15, 0.2) is 0 Å². The summed E-state index contributed by atoms with van der Waals surface area (Å²) in [6.07, 6.45) is 0. The van der Waals surface area contributed by atoms with Crippen molar-refractivity contribution < 1.29 is 4.74 Å². The summed E-state index contributed by atoms with van der Waals surface area (Å²) in [6, 6.07) is 18.3. The minimum absolute atomic E-state index is 0.0135. The maximum absolute atomic E-state index is 6.31. The molecule has 0 fully saturated rings. The first-order valence-electron chi connectivity index (χ1n) is 6.17. The molecule has 2 rings (SSSR count). The fraction of sp³-hybridized carbons (Fsp3) is 0.250. The average Bonchev–Trinajstić information content (AvgIpc) is 2.47. The smallest absolute Gasteiger partial charge is 0.118 e. The number of rotatable bonds is 4. The molecule has 2 aromatic rings. The predicted octanol–water partition coefficient (Wildman–Crippen LogP) is 3.50. The quantitative estimate of drug-likeness (QED) is 0.889. The van der Waals surface area contributed by atoms with E-state index in [0.29, 0.717) is 0 Å². The molecule has 18 heavy (non-hydrogen) atoms. The van der Waals surface area contributed by atoms with Crippen LogP contribution in [0.4, 0.5) is 0 Å². The van der Waals surface area contributed by atoms with Crippen molar-refractivity contribution in [2.24, 2.45) is 5.73 Å². The van der Waals surface area contributed by atoms with Crippen LogP contribution in [0.25, 0.3) is 0 Å². The van der Waals surface area contributed by atoms with Crippen LogP contribution in [0, 0.1) is 0 Å². The van der Waals surface area contributed by atoms with Gasteiger partial charge in [0.2, 0.25) is 0 Å². The summed E-state index contributed by atoms with van der Waals surface area (Å²) in [5, 5.41) is 0. The molecule has 0 aliphatic rings. The minimum atomic E-state index is 0.0135. The van der Waals surface area contributed by atoms with Crippen molar-refractivity contribution in [3.05, 3.63) is 65.7 Å². The van der Waals surface area contributed by atoms with Crippen molar-refractivity contribution in [3.8, 4) is 5.75 Å². The Kier molecular flexibility index (Phi) is 4.00. The van der Waals surface area contributed by atoms with E-state index >= 15 is 0 Å². The van der Waals surface area contributed by atoms with Crippen molar-refractivity contribution in [1.82, 2.24) is 0 Å². The molecule has 2 unspecified atom stereocenters. The van der Waals surface area contributed by atoms with Gasteiger partial charge >= 0.3 is 0 Å². The van der Waals surface area contributed by atoms with Gasteiger partial charge in [0.25, 0.3) is 0 Å². The number of hydrogen-bond donors (Lipinski definition) is 1. The van der Waals surface area contributed by atoms with E-state index in [1.807, 2.05) is 30.3 Å². The van der Waals surface area contributed by atoms with E-state index in [0.717, 1.165) is 5.75 Å². The summed E-state index contributed by atoms with van der Waals surface area (Å²) >= 11 is 0. The van der Waals surface area contributed by atoms with Gasteiger partial charge in [0, 0.05) is 12.0 Å². The second kappa shape index (κ2) is 5.69. The maximum Gasteiger partial charge on any atom is 0.118 e. The Hall–Kier alpha value is -1.80. The van der Waals surface area contributed by atoms with Crippen molar-refractivity contribution in [1.29, 1.82) is 0 Å². The molecule has 2 N–H and O–H groups in total. The third kappa shape index (κ3) is 2.71. The second-order valence-corrected chi connectivity index (χ2v) is 4.50. The fourth-order valence-corrected chi connectivity index (χ4v) is 2.08. The van der Waals surface area contributed by atoms with Crippen LogP contribution < -0.4 is 10.5 Å². The molecule has 0 aromatic heterocycles. The molecule has 0 saturated carbocycles. The van der Waals surface area contributed by atoms with Crippen LogP contribution in [0.2, 0.25) is 0 Å². The van der Waals surface area contributed by atoms with Crippen LogP contribution in [-0.4, -0.2) is 7.11 Å². The first-order chi connectivity index (χ1) is 8.72. The van der Waals surface area contributed by atoms with Gasteiger partial charge in [-0.15, -0.1) is 0 Å². The van der Waals surface area contributed by atoms with E-state index in [1.165, 1.54) is 11.1 Å². The lowest BCUT2D eigenvalue weighted by molar-refractivity contribution is 0.414. The van der Waals surface area contributed by atoms with Gasteiger partial charge < -0.3 is 10.5 Å². The molecule has 0 heterocycles. The standard InChI is InChI=1S/C16H19NO/c1-12(13-8-10-15(18-2)11-9-13)16(17)14-6-4-3-5-7-14/h3-12,16H,17H2,1-2H3. The lowest BCUT2D eigenvalue weighted by Crippen LogP contribution is -2.17. The summed E-state index contributed by atoms with van der Waals surface area (Å²) in [5.74, 6) is 1.15. The maximum atomic E-state index is 6.31. The van der Waals surface area contributed by atoms with Gasteiger partial charge in [-0.3, -0.25) is 0 Å². The molecule has 2 heteroatoms. The first kappa shape index (κ1) is 12.7. The molecule has 0 amide bonds. The van der Waals surface area contributed by atoms with E-state index in [-0.39, 0.29) is 12.0 Å². The minimum Gasteiger partial charge on any atom is -0.497 e. The van der Waals surface area contributed by atoms with Gasteiger partial charge in [-0.2, -0.15) is 0 Å². The van der Waals surface area contributed by atoms with Crippen LogP contribution in [0.5, 0.6) is 5.75 Å². The van der Waals surface area contributed by atoms with Crippen LogP contribution in [0.15, 0.2) is 54.6 Å². The first-order valence-corrected chi connectivity index (χ1v) is 6.17. The highest BCUT2D eigenvalue weighted by molar-refractivity contribution is 5.32. The predicted molar refractivity (Wildman–Crippen MR) is 74.8 cm³/mol. The SMILES string of the molecule is COc1ccc(C(C)C(N)c2ccccc2)cc1. The van der Waals surface area contributed by atoms with Crippen LogP contribution in [-0.2, 0) is 0 Å². The van der Waals surface area contributed by atoms with Crippen molar-refractivity contribution >= 4 is 0 Å². The topological polar surface area (TPSA) is 35.2 Å². The molecule has 0 saturated heterocycles. The van der Waals surface area contributed by atoms with E-state index < -0.39 is 0 Å². The Morgan fingerprint density at radius 2 is 1.50 bits per heavy atom. The molecule has 0 aliphatic carbocycles. The highest BCUT2D eigenvalue weighted by atomic mass is 16.5. The van der Waals surface area contributed by atoms with Gasteiger partial charge in [0.1, 0.15) is 5.75 Å². The highest BCUT2D eigenvalue weighted by Crippen LogP contribution is 2.29.